The van der Waals surface area contributed by atoms with Crippen molar-refractivity contribution in [1.82, 2.24) is 20.0 Å². The maximum absolute atomic E-state index is 12.6. The fraction of sp³-hybridized carbons (Fsp3) is 0.450. The van der Waals surface area contributed by atoms with Crippen LogP contribution < -0.4 is 5.32 Å². The van der Waals surface area contributed by atoms with Crippen molar-refractivity contribution in [2.75, 3.05) is 38.0 Å². The maximum Gasteiger partial charge on any atom is 0.274 e. The molecule has 2 aromatic rings. The van der Waals surface area contributed by atoms with Gasteiger partial charge in [0.2, 0.25) is 5.91 Å². The second kappa shape index (κ2) is 9.21. The van der Waals surface area contributed by atoms with E-state index in [9.17, 15) is 9.59 Å². The van der Waals surface area contributed by atoms with Crippen molar-refractivity contribution in [3.63, 3.8) is 0 Å². The highest BCUT2D eigenvalue weighted by molar-refractivity contribution is 6.33. The van der Waals surface area contributed by atoms with Crippen LogP contribution in [0.1, 0.15) is 30.0 Å². The van der Waals surface area contributed by atoms with Crippen molar-refractivity contribution >= 4 is 29.1 Å². The summed E-state index contributed by atoms with van der Waals surface area (Å²) < 4.78 is 0. The second-order valence-electron chi connectivity index (χ2n) is 7.47. The average molecular weight is 404 g/mol. The van der Waals surface area contributed by atoms with Crippen LogP contribution in [0.2, 0.25) is 5.02 Å². The van der Waals surface area contributed by atoms with E-state index in [1.165, 1.54) is 0 Å². The molecule has 0 saturated carbocycles. The van der Waals surface area contributed by atoms with E-state index < -0.39 is 0 Å². The summed E-state index contributed by atoms with van der Waals surface area (Å²) >= 11 is 6.07. The van der Waals surface area contributed by atoms with E-state index in [1.54, 1.807) is 17.0 Å². The van der Waals surface area contributed by atoms with Gasteiger partial charge in [0.1, 0.15) is 5.69 Å². The summed E-state index contributed by atoms with van der Waals surface area (Å²) in [7, 11) is 0. The number of carbonyl (C=O) groups is 2. The van der Waals surface area contributed by atoms with Crippen LogP contribution in [0.3, 0.4) is 0 Å². The quantitative estimate of drug-likeness (QED) is 0.776. The summed E-state index contributed by atoms with van der Waals surface area (Å²) in [4.78, 5) is 28.7. The van der Waals surface area contributed by atoms with Crippen LogP contribution in [0.5, 0.6) is 0 Å². The van der Waals surface area contributed by atoms with Gasteiger partial charge in [0.05, 0.1) is 17.3 Å². The van der Waals surface area contributed by atoms with E-state index in [4.69, 9.17) is 11.6 Å². The molecule has 1 aliphatic rings. The average Bonchev–Trinajstić information content (AvgIpc) is 3.11. The molecule has 1 saturated heterocycles. The molecule has 1 aromatic carbocycles. The first-order valence-corrected chi connectivity index (χ1v) is 9.90. The zero-order chi connectivity index (χ0) is 20.1. The van der Waals surface area contributed by atoms with E-state index in [1.807, 2.05) is 23.1 Å². The molecule has 1 aromatic heterocycles. The van der Waals surface area contributed by atoms with Gasteiger partial charge in [0.25, 0.3) is 5.91 Å². The number of anilines is 1. The van der Waals surface area contributed by atoms with Gasteiger partial charge in [0, 0.05) is 31.9 Å². The van der Waals surface area contributed by atoms with Gasteiger partial charge < -0.3 is 10.2 Å². The van der Waals surface area contributed by atoms with Crippen LogP contribution >= 0.6 is 11.6 Å². The molecule has 28 heavy (non-hydrogen) atoms. The zero-order valence-electron chi connectivity index (χ0n) is 16.2. The molecule has 3 rings (SSSR count). The molecular weight excluding hydrogens is 378 g/mol. The Hall–Kier alpha value is -2.38. The summed E-state index contributed by atoms with van der Waals surface area (Å²) in [5.41, 5.74) is 2.05. The summed E-state index contributed by atoms with van der Waals surface area (Å²) in [5.74, 6) is 0.328. The number of H-pyrrole nitrogens is 1. The van der Waals surface area contributed by atoms with Crippen molar-refractivity contribution in [2.45, 2.75) is 20.3 Å². The molecule has 2 heterocycles. The molecule has 2 amide bonds. The highest BCUT2D eigenvalue weighted by Gasteiger charge is 2.25. The number of piperazine rings is 1. The fourth-order valence-electron chi connectivity index (χ4n) is 3.24. The molecule has 0 atom stereocenters. The number of aromatic amines is 1. The third-order valence-electron chi connectivity index (χ3n) is 4.65. The number of nitrogens with one attached hydrogen (secondary N) is 2. The van der Waals surface area contributed by atoms with E-state index in [2.05, 4.69) is 29.4 Å². The molecule has 150 valence electrons. The Morgan fingerprint density at radius 3 is 2.61 bits per heavy atom. The smallest absolute Gasteiger partial charge is 0.274 e. The number of aromatic nitrogens is 2. The molecule has 8 heteroatoms. The summed E-state index contributed by atoms with van der Waals surface area (Å²) in [5, 5.41) is 10.5. The van der Waals surface area contributed by atoms with Crippen LogP contribution in [0.25, 0.3) is 0 Å². The van der Waals surface area contributed by atoms with E-state index in [0.717, 1.165) is 12.1 Å². The number of carbonyl (C=O) groups excluding carboxylic acids is 2. The Balaban J connectivity index is 1.47. The number of halogens is 1. The lowest BCUT2D eigenvalue weighted by Gasteiger charge is -2.33. The van der Waals surface area contributed by atoms with Gasteiger partial charge in [-0.05, 0) is 30.5 Å². The molecule has 1 fully saturated rings. The Bertz CT molecular complexity index is 828. The second-order valence-corrected chi connectivity index (χ2v) is 7.88. The first kappa shape index (κ1) is 20.4. The highest BCUT2D eigenvalue weighted by Crippen LogP contribution is 2.20. The van der Waals surface area contributed by atoms with Gasteiger partial charge in [0.15, 0.2) is 0 Å². The zero-order valence-corrected chi connectivity index (χ0v) is 17.0. The van der Waals surface area contributed by atoms with Gasteiger partial charge in [-0.15, -0.1) is 0 Å². The standard InChI is InChI=1S/C20H26ClN5O2/c1-14(2)11-15-12-18(24-23-15)20(28)26-9-7-25(8-10-26)13-19(27)22-17-6-4-3-5-16(17)21/h3-6,12,14H,7-11,13H2,1-2H3,(H,22,27)(H,23,24). The number of nitrogens with zero attached hydrogens (tertiary/aromatic N) is 3. The molecule has 1 aliphatic heterocycles. The Kier molecular flexibility index (Phi) is 6.70. The van der Waals surface area contributed by atoms with Crippen LogP contribution in [0.15, 0.2) is 30.3 Å². The number of amides is 2. The number of hydrogen-bond donors (Lipinski definition) is 2. The van der Waals surface area contributed by atoms with Crippen LogP contribution in [0.4, 0.5) is 5.69 Å². The topological polar surface area (TPSA) is 81.3 Å². The SMILES string of the molecule is CC(C)Cc1cc(C(=O)N2CCN(CC(=O)Nc3ccccc3Cl)CC2)n[nH]1. The van der Waals surface area contributed by atoms with Gasteiger partial charge >= 0.3 is 0 Å². The fourth-order valence-corrected chi connectivity index (χ4v) is 3.43. The number of para-hydroxylation sites is 1. The maximum atomic E-state index is 12.6. The lowest BCUT2D eigenvalue weighted by atomic mass is 10.1. The van der Waals surface area contributed by atoms with Crippen molar-refractivity contribution in [2.24, 2.45) is 5.92 Å². The van der Waals surface area contributed by atoms with Crippen LogP contribution in [-0.4, -0.2) is 64.5 Å². The minimum absolute atomic E-state index is 0.0635. The lowest BCUT2D eigenvalue weighted by molar-refractivity contribution is -0.117. The van der Waals surface area contributed by atoms with E-state index in [-0.39, 0.29) is 18.4 Å². The molecular formula is C20H26ClN5O2. The van der Waals surface area contributed by atoms with E-state index >= 15 is 0 Å². The number of benzene rings is 1. The first-order chi connectivity index (χ1) is 13.4. The highest BCUT2D eigenvalue weighted by atomic mass is 35.5. The molecule has 7 nitrogen and oxygen atoms in total. The van der Waals surface area contributed by atoms with Crippen LogP contribution in [-0.2, 0) is 11.2 Å². The van der Waals surface area contributed by atoms with Crippen molar-refractivity contribution in [3.05, 3.63) is 46.7 Å². The van der Waals surface area contributed by atoms with Gasteiger partial charge in [-0.25, -0.2) is 0 Å². The molecule has 0 unspecified atom stereocenters. The Morgan fingerprint density at radius 2 is 1.93 bits per heavy atom. The largest absolute Gasteiger partial charge is 0.335 e. The predicted octanol–water partition coefficient (Wildman–Crippen LogP) is 2.66. The van der Waals surface area contributed by atoms with Crippen molar-refractivity contribution < 1.29 is 9.59 Å². The van der Waals surface area contributed by atoms with Crippen molar-refractivity contribution in [3.8, 4) is 0 Å². The summed E-state index contributed by atoms with van der Waals surface area (Å²) in [6.45, 7) is 6.96. The molecule has 0 aliphatic carbocycles. The third kappa shape index (κ3) is 5.33. The van der Waals surface area contributed by atoms with Crippen molar-refractivity contribution in [1.29, 1.82) is 0 Å². The Labute approximate surface area is 170 Å². The summed E-state index contributed by atoms with van der Waals surface area (Å²) in [6.07, 6.45) is 0.870. The third-order valence-corrected chi connectivity index (χ3v) is 4.98. The monoisotopic (exact) mass is 403 g/mol. The molecule has 2 N–H and O–H groups in total. The van der Waals surface area contributed by atoms with Gasteiger partial charge in [-0.3, -0.25) is 19.6 Å². The first-order valence-electron chi connectivity index (χ1n) is 9.52. The minimum atomic E-state index is -0.112. The number of hydrogen-bond acceptors (Lipinski definition) is 4. The van der Waals surface area contributed by atoms with Gasteiger partial charge in [-0.1, -0.05) is 37.6 Å². The van der Waals surface area contributed by atoms with E-state index in [0.29, 0.717) is 48.5 Å². The summed E-state index contributed by atoms with van der Waals surface area (Å²) in [6, 6.07) is 9.00. The Morgan fingerprint density at radius 1 is 1.21 bits per heavy atom. The molecule has 0 spiro atoms. The molecule has 0 bridgehead atoms. The predicted molar refractivity (Wildman–Crippen MR) is 110 cm³/mol. The minimum Gasteiger partial charge on any atom is -0.335 e. The lowest BCUT2D eigenvalue weighted by Crippen LogP contribution is -2.50. The number of rotatable bonds is 6. The van der Waals surface area contributed by atoms with Crippen LogP contribution in [0, 0.1) is 5.92 Å². The molecule has 0 radical (unpaired) electrons. The normalized spacial score (nSPS) is 15.1. The van der Waals surface area contributed by atoms with Gasteiger partial charge in [-0.2, -0.15) is 5.10 Å².